The zero-order valence-corrected chi connectivity index (χ0v) is 7.54. The summed E-state index contributed by atoms with van der Waals surface area (Å²) in [5.74, 6) is -2.89. The third-order valence-electron chi connectivity index (χ3n) is 1.88. The second-order valence-corrected chi connectivity index (χ2v) is 2.89. The van der Waals surface area contributed by atoms with E-state index in [-0.39, 0.29) is 16.9 Å². The summed E-state index contributed by atoms with van der Waals surface area (Å²) in [6.07, 6.45) is 0. The topological polar surface area (TPSA) is 121 Å². The quantitative estimate of drug-likeness (QED) is 0.565. The number of nitrogens with two attached hydrogens (primary N) is 1. The number of hydrogen-bond acceptors (Lipinski definition) is 4. The van der Waals surface area contributed by atoms with Gasteiger partial charge in [-0.15, -0.1) is 0 Å². The summed E-state index contributed by atoms with van der Waals surface area (Å²) < 4.78 is 0. The molecule has 0 amide bonds. The van der Waals surface area contributed by atoms with Gasteiger partial charge in [0.2, 0.25) is 0 Å². The molecule has 1 aromatic carbocycles. The van der Waals surface area contributed by atoms with Crippen LogP contribution in [-0.2, 0) is 4.79 Å². The third kappa shape index (κ3) is 2.23. The molecule has 0 aliphatic carbocycles. The molecule has 0 spiro atoms. The van der Waals surface area contributed by atoms with E-state index >= 15 is 0 Å². The van der Waals surface area contributed by atoms with Gasteiger partial charge in [-0.1, -0.05) is 0 Å². The van der Waals surface area contributed by atoms with Gasteiger partial charge in [-0.2, -0.15) is 0 Å². The number of aliphatic carboxylic acids is 1. The van der Waals surface area contributed by atoms with Gasteiger partial charge in [0.1, 0.15) is 11.8 Å². The molecule has 0 radical (unpaired) electrons. The molecular formula is C9H9NO5. The number of carboxylic acids is 2. The normalized spacial score (nSPS) is 12.1. The van der Waals surface area contributed by atoms with Crippen LogP contribution in [0.25, 0.3) is 0 Å². The van der Waals surface area contributed by atoms with Gasteiger partial charge in [0.25, 0.3) is 0 Å². The standard InChI is InChI=1S/C9H9NO5/c10-7(9(14)15)5-3-4(8(12)13)1-2-6(5)11/h1-3,7,11H,10H2,(H,12,13)(H,14,15)/t7-/m0/s1. The Hall–Kier alpha value is -2.08. The lowest BCUT2D eigenvalue weighted by molar-refractivity contribution is -0.138. The number of benzene rings is 1. The third-order valence-corrected chi connectivity index (χ3v) is 1.88. The number of carbonyl (C=O) groups is 2. The van der Waals surface area contributed by atoms with E-state index in [4.69, 9.17) is 15.9 Å². The predicted molar refractivity (Wildman–Crippen MR) is 49.6 cm³/mol. The highest BCUT2D eigenvalue weighted by molar-refractivity contribution is 5.89. The molecule has 1 rings (SSSR count). The maximum absolute atomic E-state index is 10.6. The van der Waals surface area contributed by atoms with Gasteiger partial charge in [0.15, 0.2) is 0 Å². The van der Waals surface area contributed by atoms with Crippen molar-refractivity contribution >= 4 is 11.9 Å². The van der Waals surface area contributed by atoms with Crippen molar-refractivity contribution < 1.29 is 24.9 Å². The van der Waals surface area contributed by atoms with Crippen LogP contribution in [0.15, 0.2) is 18.2 Å². The maximum atomic E-state index is 10.6. The van der Waals surface area contributed by atoms with Gasteiger partial charge in [-0.25, -0.2) is 4.79 Å². The Morgan fingerprint density at radius 3 is 2.33 bits per heavy atom. The fraction of sp³-hybridized carbons (Fsp3) is 0.111. The summed E-state index contributed by atoms with van der Waals surface area (Å²) >= 11 is 0. The molecular weight excluding hydrogens is 202 g/mol. The molecule has 0 saturated carbocycles. The summed E-state index contributed by atoms with van der Waals surface area (Å²) in [7, 11) is 0. The van der Waals surface area contributed by atoms with Crippen LogP contribution in [0.4, 0.5) is 0 Å². The van der Waals surface area contributed by atoms with E-state index in [1.54, 1.807) is 0 Å². The smallest absolute Gasteiger partial charge is 0.335 e. The zero-order valence-electron chi connectivity index (χ0n) is 7.54. The van der Waals surface area contributed by atoms with E-state index < -0.39 is 18.0 Å². The van der Waals surface area contributed by atoms with Crippen molar-refractivity contribution in [3.8, 4) is 5.75 Å². The Balaban J connectivity index is 3.22. The van der Waals surface area contributed by atoms with Crippen molar-refractivity contribution in [1.29, 1.82) is 0 Å². The molecule has 0 fully saturated rings. The molecule has 1 aromatic rings. The molecule has 6 nitrogen and oxygen atoms in total. The fourth-order valence-corrected chi connectivity index (χ4v) is 1.07. The molecule has 80 valence electrons. The highest BCUT2D eigenvalue weighted by Crippen LogP contribution is 2.24. The van der Waals surface area contributed by atoms with Crippen molar-refractivity contribution in [1.82, 2.24) is 0 Å². The molecule has 5 N–H and O–H groups in total. The number of aromatic hydroxyl groups is 1. The summed E-state index contributed by atoms with van der Waals surface area (Å²) in [6, 6.07) is 1.86. The Kier molecular flexibility index (Phi) is 2.91. The van der Waals surface area contributed by atoms with Crippen molar-refractivity contribution in [2.24, 2.45) is 5.73 Å². The van der Waals surface area contributed by atoms with Crippen molar-refractivity contribution in [3.63, 3.8) is 0 Å². The van der Waals surface area contributed by atoms with Gasteiger partial charge in [0, 0.05) is 5.56 Å². The lowest BCUT2D eigenvalue weighted by Crippen LogP contribution is -2.21. The van der Waals surface area contributed by atoms with Gasteiger partial charge < -0.3 is 21.1 Å². The lowest BCUT2D eigenvalue weighted by Gasteiger charge is -2.09. The van der Waals surface area contributed by atoms with E-state index in [0.29, 0.717) is 0 Å². The van der Waals surface area contributed by atoms with Gasteiger partial charge in [-0.3, -0.25) is 4.79 Å². The van der Waals surface area contributed by atoms with Crippen molar-refractivity contribution in [2.45, 2.75) is 6.04 Å². The van der Waals surface area contributed by atoms with Crippen LogP contribution in [0.1, 0.15) is 22.0 Å². The molecule has 0 unspecified atom stereocenters. The van der Waals surface area contributed by atoms with E-state index in [0.717, 1.165) is 18.2 Å². The Morgan fingerprint density at radius 1 is 1.27 bits per heavy atom. The average Bonchev–Trinajstić information content (AvgIpc) is 2.16. The fourth-order valence-electron chi connectivity index (χ4n) is 1.07. The summed E-state index contributed by atoms with van der Waals surface area (Å²) in [6.45, 7) is 0. The number of aromatic carboxylic acids is 1. The summed E-state index contributed by atoms with van der Waals surface area (Å²) in [4.78, 5) is 21.1. The largest absolute Gasteiger partial charge is 0.508 e. The second-order valence-electron chi connectivity index (χ2n) is 2.89. The minimum atomic E-state index is -1.44. The Morgan fingerprint density at radius 2 is 1.87 bits per heavy atom. The number of phenols is 1. The molecule has 6 heteroatoms. The first kappa shape index (κ1) is 11.0. The maximum Gasteiger partial charge on any atom is 0.335 e. The van der Waals surface area contributed by atoms with Gasteiger partial charge in [0.05, 0.1) is 5.56 Å². The van der Waals surface area contributed by atoms with Crippen LogP contribution in [0.3, 0.4) is 0 Å². The minimum absolute atomic E-state index is 0.123. The minimum Gasteiger partial charge on any atom is -0.508 e. The molecule has 0 heterocycles. The van der Waals surface area contributed by atoms with E-state index in [1.807, 2.05) is 0 Å². The number of hydrogen-bond donors (Lipinski definition) is 4. The van der Waals surface area contributed by atoms with Crippen LogP contribution >= 0.6 is 0 Å². The summed E-state index contributed by atoms with van der Waals surface area (Å²) in [5, 5.41) is 26.6. The van der Waals surface area contributed by atoms with Gasteiger partial charge in [-0.05, 0) is 18.2 Å². The highest BCUT2D eigenvalue weighted by Gasteiger charge is 2.19. The van der Waals surface area contributed by atoms with Crippen LogP contribution in [-0.4, -0.2) is 27.3 Å². The van der Waals surface area contributed by atoms with Crippen LogP contribution in [0, 0.1) is 0 Å². The average molecular weight is 211 g/mol. The van der Waals surface area contributed by atoms with Crippen molar-refractivity contribution in [2.75, 3.05) is 0 Å². The highest BCUT2D eigenvalue weighted by atomic mass is 16.4. The Labute approximate surface area is 84.6 Å². The Bertz CT molecular complexity index is 415. The molecule has 0 aromatic heterocycles. The first-order valence-corrected chi connectivity index (χ1v) is 3.98. The predicted octanol–water partition coefficient (Wildman–Crippen LogP) is 0.175. The molecule has 0 aliphatic heterocycles. The first-order valence-electron chi connectivity index (χ1n) is 3.98. The van der Waals surface area contributed by atoms with Crippen LogP contribution in [0.5, 0.6) is 5.75 Å². The number of phenolic OH excluding ortho intramolecular Hbond substituents is 1. The van der Waals surface area contributed by atoms with Crippen molar-refractivity contribution in [3.05, 3.63) is 29.3 Å². The van der Waals surface area contributed by atoms with E-state index in [2.05, 4.69) is 0 Å². The molecule has 15 heavy (non-hydrogen) atoms. The molecule has 1 atom stereocenters. The zero-order chi connectivity index (χ0) is 11.6. The second kappa shape index (κ2) is 3.97. The first-order chi connectivity index (χ1) is 6.93. The molecule has 0 saturated heterocycles. The summed E-state index contributed by atoms with van der Waals surface area (Å²) in [5.41, 5.74) is 5.01. The SMILES string of the molecule is N[C@H](C(=O)O)c1cc(C(=O)O)ccc1O. The lowest BCUT2D eigenvalue weighted by atomic mass is 10.0. The van der Waals surface area contributed by atoms with Crippen LogP contribution in [0.2, 0.25) is 0 Å². The van der Waals surface area contributed by atoms with E-state index in [9.17, 15) is 14.7 Å². The monoisotopic (exact) mass is 211 g/mol. The molecule has 0 aliphatic rings. The number of carboxylic acid groups (broad SMARTS) is 2. The van der Waals surface area contributed by atoms with E-state index in [1.165, 1.54) is 0 Å². The molecule has 0 bridgehead atoms. The van der Waals surface area contributed by atoms with Crippen LogP contribution < -0.4 is 5.73 Å². The number of rotatable bonds is 3. The van der Waals surface area contributed by atoms with Gasteiger partial charge >= 0.3 is 11.9 Å².